The zero-order chi connectivity index (χ0) is 11.5. The van der Waals surface area contributed by atoms with Gasteiger partial charge in [-0.15, -0.1) is 0 Å². The maximum Gasteiger partial charge on any atom is 0.146 e. The molecule has 0 fully saturated rings. The van der Waals surface area contributed by atoms with Gasteiger partial charge in [-0.2, -0.15) is 5.26 Å². The van der Waals surface area contributed by atoms with Crippen molar-refractivity contribution >= 4 is 11.5 Å². The molecule has 1 aromatic rings. The third kappa shape index (κ3) is 1.52. The third-order valence-corrected chi connectivity index (χ3v) is 2.42. The number of hydrogen-bond acceptors (Lipinski definition) is 3. The van der Waals surface area contributed by atoms with Crippen LogP contribution in [0.2, 0.25) is 0 Å². The SMILES string of the molecule is C=CN1/C(=N\C)COc2ccc(C#N)cc21. The van der Waals surface area contributed by atoms with E-state index in [1.54, 1.807) is 31.4 Å². The fourth-order valence-electron chi connectivity index (χ4n) is 1.62. The molecule has 0 unspecified atom stereocenters. The van der Waals surface area contributed by atoms with Gasteiger partial charge in [0.05, 0.1) is 17.3 Å². The van der Waals surface area contributed by atoms with Gasteiger partial charge in [0.1, 0.15) is 18.2 Å². The summed E-state index contributed by atoms with van der Waals surface area (Å²) in [6, 6.07) is 7.38. The van der Waals surface area contributed by atoms with Crippen LogP contribution in [-0.4, -0.2) is 19.5 Å². The van der Waals surface area contributed by atoms with Crippen molar-refractivity contribution in [2.24, 2.45) is 4.99 Å². The Labute approximate surface area is 94.1 Å². The van der Waals surface area contributed by atoms with E-state index in [0.29, 0.717) is 12.2 Å². The zero-order valence-corrected chi connectivity index (χ0v) is 8.97. The first-order valence-corrected chi connectivity index (χ1v) is 4.84. The highest BCUT2D eigenvalue weighted by Crippen LogP contribution is 2.33. The number of amidine groups is 1. The van der Waals surface area contributed by atoms with Gasteiger partial charge in [0.15, 0.2) is 0 Å². The minimum absolute atomic E-state index is 0.418. The van der Waals surface area contributed by atoms with Crippen LogP contribution in [0.3, 0.4) is 0 Å². The lowest BCUT2D eigenvalue weighted by Gasteiger charge is -2.29. The average Bonchev–Trinajstić information content (AvgIpc) is 2.36. The third-order valence-electron chi connectivity index (χ3n) is 2.42. The number of rotatable bonds is 1. The van der Waals surface area contributed by atoms with E-state index in [4.69, 9.17) is 10.00 Å². The molecule has 80 valence electrons. The highest BCUT2D eigenvalue weighted by atomic mass is 16.5. The van der Waals surface area contributed by atoms with E-state index in [0.717, 1.165) is 17.3 Å². The molecule has 2 rings (SSSR count). The number of ether oxygens (including phenoxy) is 1. The molecular formula is C12H11N3O. The molecule has 0 atom stereocenters. The van der Waals surface area contributed by atoms with Crippen LogP contribution in [0.25, 0.3) is 0 Å². The summed E-state index contributed by atoms with van der Waals surface area (Å²) in [6.45, 7) is 4.16. The summed E-state index contributed by atoms with van der Waals surface area (Å²) in [5.41, 5.74) is 1.40. The molecule has 0 radical (unpaired) electrons. The highest BCUT2D eigenvalue weighted by molar-refractivity contribution is 6.03. The molecule has 1 aliphatic rings. The second kappa shape index (κ2) is 4.07. The van der Waals surface area contributed by atoms with Crippen molar-refractivity contribution in [3.63, 3.8) is 0 Å². The summed E-state index contributed by atoms with van der Waals surface area (Å²) < 4.78 is 5.53. The smallest absolute Gasteiger partial charge is 0.146 e. The summed E-state index contributed by atoms with van der Waals surface area (Å²) in [6.07, 6.45) is 1.67. The van der Waals surface area contributed by atoms with E-state index in [1.165, 1.54) is 0 Å². The number of nitriles is 1. The van der Waals surface area contributed by atoms with E-state index >= 15 is 0 Å². The molecule has 0 bridgehead atoms. The largest absolute Gasteiger partial charge is 0.483 e. The van der Waals surface area contributed by atoms with Gasteiger partial charge >= 0.3 is 0 Å². The van der Waals surface area contributed by atoms with Crippen LogP contribution in [0.1, 0.15) is 5.56 Å². The van der Waals surface area contributed by atoms with Crippen molar-refractivity contribution in [3.05, 3.63) is 36.5 Å². The number of fused-ring (bicyclic) bond motifs is 1. The Morgan fingerprint density at radius 2 is 2.44 bits per heavy atom. The fraction of sp³-hybridized carbons (Fsp3) is 0.167. The highest BCUT2D eigenvalue weighted by Gasteiger charge is 2.21. The van der Waals surface area contributed by atoms with Gasteiger partial charge in [-0.05, 0) is 18.2 Å². The standard InChI is InChI=1S/C12H11N3O/c1-3-15-10-6-9(7-13)4-5-11(10)16-8-12(15)14-2/h3-6H,1,8H2,2H3/b14-12-. The Balaban J connectivity index is 2.55. The predicted molar refractivity (Wildman–Crippen MR) is 62.7 cm³/mol. The quantitative estimate of drug-likeness (QED) is 0.716. The Hall–Kier alpha value is -2.28. The van der Waals surface area contributed by atoms with E-state index in [2.05, 4.69) is 17.6 Å². The first-order valence-electron chi connectivity index (χ1n) is 4.84. The molecule has 1 aliphatic heterocycles. The van der Waals surface area contributed by atoms with Gasteiger partial charge in [0, 0.05) is 13.2 Å². The molecular weight excluding hydrogens is 202 g/mol. The van der Waals surface area contributed by atoms with Gasteiger partial charge in [-0.1, -0.05) is 6.58 Å². The first-order chi connectivity index (χ1) is 7.80. The lowest BCUT2D eigenvalue weighted by Crippen LogP contribution is -2.34. The van der Waals surface area contributed by atoms with Crippen molar-refractivity contribution in [1.29, 1.82) is 5.26 Å². The molecule has 0 amide bonds. The molecule has 0 saturated carbocycles. The summed E-state index contributed by atoms with van der Waals surface area (Å²) in [5, 5.41) is 8.86. The normalized spacial score (nSPS) is 16.2. The number of aliphatic imine (C=N–C) groups is 1. The molecule has 4 heteroatoms. The first kappa shape index (κ1) is 10.2. The van der Waals surface area contributed by atoms with Gasteiger partial charge < -0.3 is 4.74 Å². The number of nitrogens with zero attached hydrogens (tertiary/aromatic N) is 3. The summed E-state index contributed by atoms with van der Waals surface area (Å²) in [4.78, 5) is 5.95. The summed E-state index contributed by atoms with van der Waals surface area (Å²) in [5.74, 6) is 1.52. The second-order valence-corrected chi connectivity index (χ2v) is 3.28. The molecule has 16 heavy (non-hydrogen) atoms. The minimum Gasteiger partial charge on any atom is -0.483 e. The van der Waals surface area contributed by atoms with Gasteiger partial charge in [-0.3, -0.25) is 9.89 Å². The van der Waals surface area contributed by atoms with Crippen molar-refractivity contribution in [3.8, 4) is 11.8 Å². The van der Waals surface area contributed by atoms with E-state index in [1.807, 2.05) is 4.90 Å². The second-order valence-electron chi connectivity index (χ2n) is 3.28. The zero-order valence-electron chi connectivity index (χ0n) is 8.97. The number of benzene rings is 1. The molecule has 1 aromatic carbocycles. The average molecular weight is 213 g/mol. The number of anilines is 1. The molecule has 0 aromatic heterocycles. The van der Waals surface area contributed by atoms with Crippen molar-refractivity contribution < 1.29 is 4.74 Å². The lowest BCUT2D eigenvalue weighted by molar-refractivity contribution is 0.368. The topological polar surface area (TPSA) is 48.6 Å². The van der Waals surface area contributed by atoms with E-state index in [-0.39, 0.29) is 0 Å². The monoisotopic (exact) mass is 213 g/mol. The van der Waals surface area contributed by atoms with Crippen LogP contribution in [0.15, 0.2) is 36.0 Å². The molecule has 0 spiro atoms. The van der Waals surface area contributed by atoms with Gasteiger partial charge in [-0.25, -0.2) is 0 Å². The predicted octanol–water partition coefficient (Wildman–Crippen LogP) is 1.93. The number of hydrogen-bond donors (Lipinski definition) is 0. The molecule has 0 aliphatic carbocycles. The molecule has 0 N–H and O–H groups in total. The fourth-order valence-corrected chi connectivity index (χ4v) is 1.62. The molecule has 4 nitrogen and oxygen atoms in total. The van der Waals surface area contributed by atoms with Crippen molar-refractivity contribution in [2.75, 3.05) is 18.6 Å². The van der Waals surface area contributed by atoms with Crippen LogP contribution >= 0.6 is 0 Å². The lowest BCUT2D eigenvalue weighted by atomic mass is 10.1. The van der Waals surface area contributed by atoms with Gasteiger partial charge in [0.25, 0.3) is 0 Å². The summed E-state index contributed by atoms with van der Waals surface area (Å²) >= 11 is 0. The van der Waals surface area contributed by atoms with E-state index in [9.17, 15) is 0 Å². The molecule has 0 saturated heterocycles. The van der Waals surface area contributed by atoms with Crippen molar-refractivity contribution in [1.82, 2.24) is 0 Å². The van der Waals surface area contributed by atoms with Gasteiger partial charge in [0.2, 0.25) is 0 Å². The van der Waals surface area contributed by atoms with Crippen LogP contribution < -0.4 is 9.64 Å². The van der Waals surface area contributed by atoms with Crippen molar-refractivity contribution in [2.45, 2.75) is 0 Å². The maximum atomic E-state index is 8.86. The van der Waals surface area contributed by atoms with Crippen LogP contribution in [-0.2, 0) is 0 Å². The molecule has 1 heterocycles. The van der Waals surface area contributed by atoms with Crippen LogP contribution in [0.5, 0.6) is 5.75 Å². The van der Waals surface area contributed by atoms with Crippen LogP contribution in [0, 0.1) is 11.3 Å². The Bertz CT molecular complexity index is 499. The minimum atomic E-state index is 0.418. The maximum absolute atomic E-state index is 8.86. The Kier molecular flexibility index (Phi) is 2.61. The Morgan fingerprint density at radius 1 is 1.62 bits per heavy atom. The Morgan fingerprint density at radius 3 is 3.06 bits per heavy atom. The van der Waals surface area contributed by atoms with Crippen LogP contribution in [0.4, 0.5) is 5.69 Å². The summed E-state index contributed by atoms with van der Waals surface area (Å²) in [7, 11) is 1.70. The van der Waals surface area contributed by atoms with E-state index < -0.39 is 0 Å².